The average molecular weight is 568 g/mol. The average Bonchev–Trinajstić information content (AvgIpc) is 3.12. The molecule has 0 aliphatic heterocycles. The Morgan fingerprint density at radius 3 is 0.932 bits per heavy atom. The molecule has 0 amide bonds. The lowest BCUT2D eigenvalue weighted by atomic mass is 9.95. The van der Waals surface area contributed by atoms with E-state index >= 15 is 0 Å². The molecule has 3 aromatic carbocycles. The number of pyridine rings is 3. The van der Waals surface area contributed by atoms with Crippen molar-refractivity contribution in [2.75, 3.05) is 0 Å². The van der Waals surface area contributed by atoms with Crippen molar-refractivity contribution in [1.82, 2.24) is 24.9 Å². The molecule has 0 spiro atoms. The van der Waals surface area contributed by atoms with E-state index in [4.69, 9.17) is 9.97 Å². The number of rotatable bonds is 7. The van der Waals surface area contributed by atoms with Gasteiger partial charge in [-0.1, -0.05) is 79.7 Å². The van der Waals surface area contributed by atoms with Gasteiger partial charge >= 0.3 is 0 Å². The number of hydrogen-bond acceptors (Lipinski definition) is 5. The molecule has 4 heterocycles. The minimum atomic E-state index is 0.699. The van der Waals surface area contributed by atoms with E-state index in [0.717, 1.165) is 73.4 Å². The van der Waals surface area contributed by atoms with Crippen LogP contribution in [-0.2, 0) is 6.42 Å². The van der Waals surface area contributed by atoms with Crippen molar-refractivity contribution in [2.24, 2.45) is 0 Å². The molecule has 7 aromatic rings. The van der Waals surface area contributed by atoms with Gasteiger partial charge in [0.2, 0.25) is 0 Å². The minimum absolute atomic E-state index is 0.699. The number of benzene rings is 3. The summed E-state index contributed by atoms with van der Waals surface area (Å²) in [7, 11) is 0. The SMILES string of the molecule is CCc1c(-c2ccc(-c3ccncc3)cc2)nc(-c2ccc(-c3ccncc3)cc2)nc1-c1ccc(-c2ccncc2)cc1. The predicted octanol–water partition coefficient (Wildman–Crippen LogP) is 9.23. The first kappa shape index (κ1) is 27.0. The lowest BCUT2D eigenvalue weighted by Crippen LogP contribution is -2.03. The van der Waals surface area contributed by atoms with Crippen LogP contribution in [0.25, 0.3) is 67.3 Å². The molecule has 0 atom stereocenters. The van der Waals surface area contributed by atoms with E-state index in [9.17, 15) is 0 Å². The third-order valence-corrected chi connectivity index (χ3v) is 7.86. The van der Waals surface area contributed by atoms with Crippen LogP contribution in [0.2, 0.25) is 0 Å². The van der Waals surface area contributed by atoms with Crippen molar-refractivity contribution in [3.63, 3.8) is 0 Å². The van der Waals surface area contributed by atoms with Crippen LogP contribution >= 0.6 is 0 Å². The molecule has 5 nitrogen and oxygen atoms in total. The fourth-order valence-electron chi connectivity index (χ4n) is 5.51. The molecule has 0 saturated heterocycles. The highest BCUT2D eigenvalue weighted by molar-refractivity contribution is 5.79. The van der Waals surface area contributed by atoms with Crippen molar-refractivity contribution < 1.29 is 0 Å². The van der Waals surface area contributed by atoms with Crippen LogP contribution in [0.15, 0.2) is 146 Å². The Hall–Kier alpha value is -5.81. The highest BCUT2D eigenvalue weighted by atomic mass is 14.9. The van der Waals surface area contributed by atoms with Gasteiger partial charge in [0.15, 0.2) is 5.82 Å². The van der Waals surface area contributed by atoms with Gasteiger partial charge in [-0.15, -0.1) is 0 Å². The first-order valence-corrected chi connectivity index (χ1v) is 14.7. The van der Waals surface area contributed by atoms with Gasteiger partial charge in [0.25, 0.3) is 0 Å². The molecule has 0 radical (unpaired) electrons. The van der Waals surface area contributed by atoms with Crippen LogP contribution in [0, 0.1) is 0 Å². The Bertz CT molecular complexity index is 1890. The van der Waals surface area contributed by atoms with E-state index in [1.807, 2.05) is 73.6 Å². The lowest BCUT2D eigenvalue weighted by Gasteiger charge is -2.16. The molecule has 0 N–H and O–H groups in total. The molecule has 0 unspecified atom stereocenters. The van der Waals surface area contributed by atoms with Crippen molar-refractivity contribution in [3.8, 4) is 67.3 Å². The monoisotopic (exact) mass is 567 g/mol. The maximum atomic E-state index is 5.20. The van der Waals surface area contributed by atoms with Crippen LogP contribution in [0.5, 0.6) is 0 Å². The summed E-state index contributed by atoms with van der Waals surface area (Å²) in [6, 6.07) is 37.8. The van der Waals surface area contributed by atoms with Crippen LogP contribution in [-0.4, -0.2) is 24.9 Å². The molecule has 0 fully saturated rings. The van der Waals surface area contributed by atoms with Gasteiger partial charge in [-0.05, 0) is 76.2 Å². The van der Waals surface area contributed by atoms with Crippen LogP contribution in [0.3, 0.4) is 0 Å². The van der Waals surface area contributed by atoms with Crippen LogP contribution in [0.1, 0.15) is 12.5 Å². The molecule has 44 heavy (non-hydrogen) atoms. The summed E-state index contributed by atoms with van der Waals surface area (Å²) in [5.74, 6) is 0.699. The smallest absolute Gasteiger partial charge is 0.160 e. The summed E-state index contributed by atoms with van der Waals surface area (Å²) in [6.07, 6.45) is 11.7. The summed E-state index contributed by atoms with van der Waals surface area (Å²) in [5, 5.41) is 0. The Labute approximate surface area is 257 Å². The summed E-state index contributed by atoms with van der Waals surface area (Å²) in [6.45, 7) is 2.17. The van der Waals surface area contributed by atoms with Gasteiger partial charge in [-0.25, -0.2) is 9.97 Å². The van der Waals surface area contributed by atoms with E-state index in [-0.39, 0.29) is 0 Å². The van der Waals surface area contributed by atoms with Crippen LogP contribution < -0.4 is 0 Å². The lowest BCUT2D eigenvalue weighted by molar-refractivity contribution is 1.06. The largest absolute Gasteiger partial charge is 0.265 e. The molecular formula is C39H29N5. The maximum Gasteiger partial charge on any atom is 0.160 e. The zero-order valence-corrected chi connectivity index (χ0v) is 24.3. The fourth-order valence-corrected chi connectivity index (χ4v) is 5.51. The second-order valence-electron chi connectivity index (χ2n) is 10.5. The molecule has 0 saturated carbocycles. The van der Waals surface area contributed by atoms with E-state index in [1.54, 1.807) is 0 Å². The molecule has 5 heteroatoms. The number of aromatic nitrogens is 5. The first-order chi connectivity index (χ1) is 21.8. The van der Waals surface area contributed by atoms with Gasteiger partial charge in [0.05, 0.1) is 11.4 Å². The van der Waals surface area contributed by atoms with Gasteiger partial charge in [-0.3, -0.25) is 15.0 Å². The molecule has 0 aliphatic rings. The second kappa shape index (κ2) is 12.2. The van der Waals surface area contributed by atoms with Gasteiger partial charge in [-0.2, -0.15) is 0 Å². The van der Waals surface area contributed by atoms with E-state index in [1.165, 1.54) is 0 Å². The predicted molar refractivity (Wildman–Crippen MR) is 177 cm³/mol. The first-order valence-electron chi connectivity index (χ1n) is 14.7. The Balaban J connectivity index is 1.34. The summed E-state index contributed by atoms with van der Waals surface area (Å²) >= 11 is 0. The molecule has 4 aromatic heterocycles. The van der Waals surface area contributed by atoms with Gasteiger partial charge in [0, 0.05) is 59.4 Å². The molecule has 0 bridgehead atoms. The van der Waals surface area contributed by atoms with E-state index < -0.39 is 0 Å². The second-order valence-corrected chi connectivity index (χ2v) is 10.5. The third-order valence-electron chi connectivity index (χ3n) is 7.86. The third kappa shape index (κ3) is 5.51. The zero-order chi connectivity index (χ0) is 29.7. The normalized spacial score (nSPS) is 10.9. The standard InChI is InChI=1S/C39H29N5/c1-2-36-37(33-9-3-27(4-10-33)30-15-21-40-22-16-30)43-39(35-13-7-29(8-14-35)32-19-25-42-26-20-32)44-38(36)34-11-5-28(6-12-34)31-17-23-41-24-18-31/h3-26H,2H2,1H3. The number of nitrogens with zero attached hydrogens (tertiary/aromatic N) is 5. The molecule has 7 rings (SSSR count). The molecular weight excluding hydrogens is 538 g/mol. The van der Waals surface area contributed by atoms with E-state index in [2.05, 4.69) is 94.7 Å². The Morgan fingerprint density at radius 2 is 0.614 bits per heavy atom. The topological polar surface area (TPSA) is 64.5 Å². The van der Waals surface area contributed by atoms with Crippen molar-refractivity contribution in [2.45, 2.75) is 13.3 Å². The number of hydrogen-bond donors (Lipinski definition) is 0. The summed E-state index contributed by atoms with van der Waals surface area (Å²) < 4.78 is 0. The highest BCUT2D eigenvalue weighted by Crippen LogP contribution is 2.35. The van der Waals surface area contributed by atoms with Crippen molar-refractivity contribution in [1.29, 1.82) is 0 Å². The summed E-state index contributed by atoms with van der Waals surface area (Å²) in [4.78, 5) is 22.9. The molecule has 210 valence electrons. The van der Waals surface area contributed by atoms with Crippen LogP contribution in [0.4, 0.5) is 0 Å². The quantitative estimate of drug-likeness (QED) is 0.192. The molecule has 0 aliphatic carbocycles. The van der Waals surface area contributed by atoms with Crippen molar-refractivity contribution >= 4 is 0 Å². The van der Waals surface area contributed by atoms with E-state index in [0.29, 0.717) is 5.82 Å². The Kier molecular flexibility index (Phi) is 7.50. The van der Waals surface area contributed by atoms with Gasteiger partial charge < -0.3 is 0 Å². The highest BCUT2D eigenvalue weighted by Gasteiger charge is 2.18. The Morgan fingerprint density at radius 1 is 0.341 bits per heavy atom. The van der Waals surface area contributed by atoms with Gasteiger partial charge in [0.1, 0.15) is 0 Å². The maximum absolute atomic E-state index is 5.20. The zero-order valence-electron chi connectivity index (χ0n) is 24.3. The minimum Gasteiger partial charge on any atom is -0.265 e. The summed E-state index contributed by atoms with van der Waals surface area (Å²) in [5.41, 5.74) is 12.9. The fraction of sp³-hybridized carbons (Fsp3) is 0.0513. The van der Waals surface area contributed by atoms with Crippen molar-refractivity contribution in [3.05, 3.63) is 152 Å².